The van der Waals surface area contributed by atoms with E-state index in [0.29, 0.717) is 38.2 Å². The normalized spacial score (nSPS) is 10.5. The minimum Gasteiger partial charge on any atom is -0.496 e. The van der Waals surface area contributed by atoms with E-state index in [2.05, 4.69) is 10.4 Å². The molecule has 0 unspecified atom stereocenters. The molecule has 7 nitrogen and oxygen atoms in total. The lowest BCUT2D eigenvalue weighted by atomic mass is 10.1. The molecule has 0 radical (unpaired) electrons. The van der Waals surface area contributed by atoms with Crippen LogP contribution in [0.1, 0.15) is 25.3 Å². The van der Waals surface area contributed by atoms with Gasteiger partial charge in [-0.05, 0) is 49.7 Å². The van der Waals surface area contributed by atoms with E-state index in [1.54, 1.807) is 13.2 Å². The number of aromatic nitrogens is 2. The van der Waals surface area contributed by atoms with Gasteiger partial charge in [0.05, 0.1) is 19.4 Å². The number of nitrogens with zero attached hydrogens (tertiary/aromatic N) is 2. The Kier molecular flexibility index (Phi) is 7.81. The molecule has 2 aromatic carbocycles. The molecule has 7 heteroatoms. The first kappa shape index (κ1) is 22.1. The Morgan fingerprint density at radius 2 is 1.84 bits per heavy atom. The number of carbonyl (C=O) groups excluding carboxylic acids is 1. The lowest BCUT2D eigenvalue weighted by Crippen LogP contribution is -2.25. The predicted octanol–water partition coefficient (Wildman–Crippen LogP) is 3.41. The van der Waals surface area contributed by atoms with Gasteiger partial charge in [-0.15, -0.1) is 0 Å². The monoisotopic (exact) mass is 421 g/mol. The molecule has 31 heavy (non-hydrogen) atoms. The Labute approximate surface area is 181 Å². The average Bonchev–Trinajstić information content (AvgIpc) is 2.80. The van der Waals surface area contributed by atoms with Crippen LogP contribution < -0.4 is 20.3 Å². The molecular weight excluding hydrogens is 394 g/mol. The van der Waals surface area contributed by atoms with Crippen LogP contribution >= 0.6 is 0 Å². The molecule has 1 amide bonds. The zero-order chi connectivity index (χ0) is 22.1. The zero-order valence-electron chi connectivity index (χ0n) is 17.8. The molecule has 0 bridgehead atoms. The number of rotatable bonds is 10. The van der Waals surface area contributed by atoms with Crippen molar-refractivity contribution in [3.63, 3.8) is 0 Å². The van der Waals surface area contributed by atoms with Crippen molar-refractivity contribution in [3.8, 4) is 22.8 Å². The van der Waals surface area contributed by atoms with E-state index in [-0.39, 0.29) is 11.5 Å². The van der Waals surface area contributed by atoms with E-state index in [1.807, 2.05) is 55.5 Å². The number of methoxy groups -OCH3 is 1. The number of amides is 1. The largest absolute Gasteiger partial charge is 0.496 e. The third-order valence-corrected chi connectivity index (χ3v) is 4.77. The molecule has 0 saturated carbocycles. The number of para-hydroxylation sites is 1. The van der Waals surface area contributed by atoms with E-state index in [0.717, 1.165) is 22.6 Å². The van der Waals surface area contributed by atoms with Gasteiger partial charge < -0.3 is 14.8 Å². The minimum absolute atomic E-state index is 0.0818. The molecular formula is C24H27N3O4. The van der Waals surface area contributed by atoms with Crippen LogP contribution in [-0.4, -0.2) is 29.4 Å². The summed E-state index contributed by atoms with van der Waals surface area (Å²) in [5.74, 6) is 1.45. The van der Waals surface area contributed by atoms with Crippen LogP contribution in [0.25, 0.3) is 11.3 Å². The van der Waals surface area contributed by atoms with Gasteiger partial charge in [-0.1, -0.05) is 18.2 Å². The summed E-state index contributed by atoms with van der Waals surface area (Å²) in [5, 5.41) is 7.34. The maximum absolute atomic E-state index is 12.2. The summed E-state index contributed by atoms with van der Waals surface area (Å²) >= 11 is 0. The van der Waals surface area contributed by atoms with Crippen LogP contribution in [-0.2, 0) is 17.9 Å². The fraction of sp³-hybridized carbons (Fsp3) is 0.292. The number of ether oxygens (including phenoxy) is 2. The maximum Gasteiger partial charge on any atom is 0.266 e. The highest BCUT2D eigenvalue weighted by atomic mass is 16.5. The van der Waals surface area contributed by atoms with Crippen LogP contribution in [0.5, 0.6) is 11.5 Å². The fourth-order valence-corrected chi connectivity index (χ4v) is 3.17. The molecule has 0 aliphatic carbocycles. The van der Waals surface area contributed by atoms with E-state index in [9.17, 15) is 9.59 Å². The smallest absolute Gasteiger partial charge is 0.266 e. The van der Waals surface area contributed by atoms with Gasteiger partial charge in [0.1, 0.15) is 11.5 Å². The van der Waals surface area contributed by atoms with Gasteiger partial charge >= 0.3 is 0 Å². The molecule has 0 atom stereocenters. The molecule has 1 N–H and O–H groups in total. The molecule has 1 aromatic heterocycles. The lowest BCUT2D eigenvalue weighted by Gasteiger charge is -2.10. The van der Waals surface area contributed by atoms with E-state index >= 15 is 0 Å². The van der Waals surface area contributed by atoms with Gasteiger partial charge in [0.2, 0.25) is 5.91 Å². The second-order valence-electron chi connectivity index (χ2n) is 6.93. The second kappa shape index (κ2) is 11.0. The predicted molar refractivity (Wildman–Crippen MR) is 119 cm³/mol. The number of aryl methyl sites for hydroxylation is 1. The molecule has 0 aliphatic rings. The van der Waals surface area contributed by atoms with Crippen molar-refractivity contribution in [2.45, 2.75) is 32.9 Å². The molecule has 162 valence electrons. The van der Waals surface area contributed by atoms with Crippen LogP contribution in [0.4, 0.5) is 0 Å². The van der Waals surface area contributed by atoms with Crippen molar-refractivity contribution in [2.75, 3.05) is 13.7 Å². The highest BCUT2D eigenvalue weighted by Gasteiger charge is 2.07. The SMILES string of the molecule is CCOc1ccc(-c2ccc(=O)n(CCCC(=O)NCc3ccccc3OC)n2)cc1. The number of benzene rings is 2. The van der Waals surface area contributed by atoms with Gasteiger partial charge in [0, 0.05) is 36.7 Å². The molecule has 0 spiro atoms. The highest BCUT2D eigenvalue weighted by molar-refractivity contribution is 5.75. The molecule has 0 aliphatic heterocycles. The van der Waals surface area contributed by atoms with E-state index < -0.39 is 0 Å². The van der Waals surface area contributed by atoms with Crippen LogP contribution in [0.3, 0.4) is 0 Å². The minimum atomic E-state index is -0.191. The van der Waals surface area contributed by atoms with Gasteiger partial charge in [-0.3, -0.25) is 9.59 Å². The Morgan fingerprint density at radius 3 is 2.58 bits per heavy atom. The third kappa shape index (κ3) is 6.18. The van der Waals surface area contributed by atoms with Crippen molar-refractivity contribution in [3.05, 3.63) is 76.6 Å². The number of carbonyl (C=O) groups is 1. The first-order valence-electron chi connectivity index (χ1n) is 10.3. The summed E-state index contributed by atoms with van der Waals surface area (Å²) in [7, 11) is 1.60. The Morgan fingerprint density at radius 1 is 1.06 bits per heavy atom. The van der Waals surface area contributed by atoms with E-state index in [1.165, 1.54) is 10.7 Å². The number of nitrogens with one attached hydrogen (secondary N) is 1. The Balaban J connectivity index is 1.54. The van der Waals surface area contributed by atoms with Gasteiger partial charge in [-0.2, -0.15) is 5.10 Å². The first-order chi connectivity index (χ1) is 15.1. The van der Waals surface area contributed by atoms with Crippen molar-refractivity contribution < 1.29 is 14.3 Å². The van der Waals surface area contributed by atoms with Gasteiger partial charge in [0.25, 0.3) is 5.56 Å². The maximum atomic E-state index is 12.2. The molecule has 1 heterocycles. The Hall–Kier alpha value is -3.61. The molecule has 3 aromatic rings. The summed E-state index contributed by atoms with van der Waals surface area (Å²) in [6.07, 6.45) is 0.813. The molecule has 0 fully saturated rings. The number of hydrogen-bond acceptors (Lipinski definition) is 5. The van der Waals surface area contributed by atoms with Crippen LogP contribution in [0, 0.1) is 0 Å². The summed E-state index contributed by atoms with van der Waals surface area (Å²) < 4.78 is 12.1. The Bertz CT molecular complexity index is 1060. The highest BCUT2D eigenvalue weighted by Crippen LogP contribution is 2.20. The average molecular weight is 421 g/mol. The molecule has 3 rings (SSSR count). The zero-order valence-corrected chi connectivity index (χ0v) is 17.8. The third-order valence-electron chi connectivity index (χ3n) is 4.77. The van der Waals surface area contributed by atoms with Crippen molar-refractivity contribution in [2.24, 2.45) is 0 Å². The summed E-state index contributed by atoms with van der Waals surface area (Å²) in [6.45, 7) is 3.30. The topological polar surface area (TPSA) is 82.5 Å². The van der Waals surface area contributed by atoms with Gasteiger partial charge in [-0.25, -0.2) is 4.68 Å². The quantitative estimate of drug-likeness (QED) is 0.542. The first-order valence-corrected chi connectivity index (χ1v) is 10.3. The summed E-state index contributed by atoms with van der Waals surface area (Å²) in [6, 6.07) is 18.3. The van der Waals surface area contributed by atoms with Crippen LogP contribution in [0.2, 0.25) is 0 Å². The fourth-order valence-electron chi connectivity index (χ4n) is 3.17. The molecule has 0 saturated heterocycles. The standard InChI is InChI=1S/C24H27N3O4/c1-3-31-20-12-10-18(11-13-20)21-14-15-24(29)27(26-21)16-6-9-23(28)25-17-19-7-4-5-8-22(19)30-2/h4-5,7-8,10-15H,3,6,9,16-17H2,1-2H3,(H,25,28). The second-order valence-corrected chi connectivity index (χ2v) is 6.93. The summed E-state index contributed by atoms with van der Waals surface area (Å²) in [5.41, 5.74) is 2.32. The van der Waals surface area contributed by atoms with Crippen molar-refractivity contribution in [1.29, 1.82) is 0 Å². The summed E-state index contributed by atoms with van der Waals surface area (Å²) in [4.78, 5) is 24.4. The lowest BCUT2D eigenvalue weighted by molar-refractivity contribution is -0.121. The van der Waals surface area contributed by atoms with Crippen molar-refractivity contribution >= 4 is 5.91 Å². The number of hydrogen-bond donors (Lipinski definition) is 1. The van der Waals surface area contributed by atoms with Gasteiger partial charge in [0.15, 0.2) is 0 Å². The van der Waals surface area contributed by atoms with E-state index in [4.69, 9.17) is 9.47 Å². The van der Waals surface area contributed by atoms with Crippen LogP contribution in [0.15, 0.2) is 65.5 Å². The van der Waals surface area contributed by atoms with Crippen molar-refractivity contribution in [1.82, 2.24) is 15.1 Å².